The highest BCUT2D eigenvalue weighted by molar-refractivity contribution is 8.13. The Kier molecular flexibility index (Phi) is 4.33. The van der Waals surface area contributed by atoms with Crippen LogP contribution in [0.15, 0.2) is 0 Å². The van der Waals surface area contributed by atoms with Crippen LogP contribution in [0.4, 0.5) is 0 Å². The van der Waals surface area contributed by atoms with Gasteiger partial charge in [-0.1, -0.05) is 11.6 Å². The Hall–Kier alpha value is -0.450. The normalized spacial score (nSPS) is 11.6. The van der Waals surface area contributed by atoms with Crippen LogP contribution in [-0.4, -0.2) is 15.5 Å². The van der Waals surface area contributed by atoms with Crippen LogP contribution in [0, 0.1) is 20.8 Å². The molecular weight excluding hydrogens is 283 g/mol. The molecule has 0 aliphatic rings. The fraction of sp³-hybridized carbons (Fsp3) is 0.455. The molecule has 17 heavy (non-hydrogen) atoms. The molecular formula is C11H14Cl2O3S. The van der Waals surface area contributed by atoms with E-state index in [0.717, 1.165) is 11.1 Å². The molecule has 0 aromatic heterocycles. The maximum atomic E-state index is 11.2. The fourth-order valence-corrected chi connectivity index (χ4v) is 3.21. The molecule has 0 bridgehead atoms. The van der Waals surface area contributed by atoms with E-state index in [1.807, 2.05) is 13.8 Å². The van der Waals surface area contributed by atoms with Crippen LogP contribution >= 0.6 is 22.3 Å². The first-order valence-corrected chi connectivity index (χ1v) is 7.79. The zero-order valence-corrected chi connectivity index (χ0v) is 12.4. The Labute approximate surface area is 111 Å². The lowest BCUT2D eigenvalue weighted by molar-refractivity contribution is 0.411. The van der Waals surface area contributed by atoms with Crippen molar-refractivity contribution < 1.29 is 13.2 Å². The largest absolute Gasteiger partial charge is 0.495 e. The third kappa shape index (κ3) is 3.06. The average Bonchev–Trinajstić information content (AvgIpc) is 2.21. The quantitative estimate of drug-likeness (QED) is 0.804. The lowest BCUT2D eigenvalue weighted by Crippen LogP contribution is -2.05. The molecule has 0 fully saturated rings. The van der Waals surface area contributed by atoms with Gasteiger partial charge in [-0.2, -0.15) is 0 Å². The number of rotatable bonds is 3. The van der Waals surface area contributed by atoms with Crippen LogP contribution in [-0.2, 0) is 14.8 Å². The third-order valence-electron chi connectivity index (χ3n) is 2.86. The van der Waals surface area contributed by atoms with Crippen molar-refractivity contribution in [1.29, 1.82) is 0 Å². The second kappa shape index (κ2) is 5.04. The second-order valence-electron chi connectivity index (χ2n) is 3.88. The molecule has 3 nitrogen and oxygen atoms in total. The molecule has 0 spiro atoms. The van der Waals surface area contributed by atoms with Crippen molar-refractivity contribution in [3.05, 3.63) is 27.3 Å². The maximum absolute atomic E-state index is 11.2. The van der Waals surface area contributed by atoms with E-state index in [1.165, 1.54) is 7.11 Å². The molecule has 0 heterocycles. The number of hydrogen-bond donors (Lipinski definition) is 0. The molecule has 0 atom stereocenters. The molecule has 1 aromatic carbocycles. The summed E-state index contributed by atoms with van der Waals surface area (Å²) in [4.78, 5) is 0. The molecule has 96 valence electrons. The zero-order valence-electron chi connectivity index (χ0n) is 10.1. The molecule has 0 saturated carbocycles. The standard InChI is InChI=1S/C11H14Cl2O3S/c1-6-7(2)11(16-4)10(12)8(3)9(6)5-17(13,14)15/h5H2,1-4H3. The Balaban J connectivity index is 3.53. The van der Waals surface area contributed by atoms with E-state index in [0.29, 0.717) is 21.9 Å². The summed E-state index contributed by atoms with van der Waals surface area (Å²) >= 11 is 6.14. The van der Waals surface area contributed by atoms with Gasteiger partial charge in [0.25, 0.3) is 0 Å². The predicted molar refractivity (Wildman–Crippen MR) is 70.7 cm³/mol. The molecule has 0 unspecified atom stereocenters. The van der Waals surface area contributed by atoms with Crippen LogP contribution in [0.3, 0.4) is 0 Å². The minimum absolute atomic E-state index is 0.225. The molecule has 6 heteroatoms. The van der Waals surface area contributed by atoms with E-state index in [4.69, 9.17) is 27.0 Å². The number of ether oxygens (including phenoxy) is 1. The van der Waals surface area contributed by atoms with E-state index < -0.39 is 9.05 Å². The van der Waals surface area contributed by atoms with Gasteiger partial charge in [0, 0.05) is 10.7 Å². The van der Waals surface area contributed by atoms with Crippen LogP contribution in [0.1, 0.15) is 22.3 Å². The highest BCUT2D eigenvalue weighted by Gasteiger charge is 2.20. The molecule has 0 aliphatic carbocycles. The predicted octanol–water partition coefficient (Wildman–Crippen LogP) is 3.34. The molecule has 1 aromatic rings. The lowest BCUT2D eigenvalue weighted by atomic mass is 9.98. The number of benzene rings is 1. The summed E-state index contributed by atoms with van der Waals surface area (Å²) in [5.74, 6) is 0.355. The summed E-state index contributed by atoms with van der Waals surface area (Å²) in [5.41, 5.74) is 3.01. The van der Waals surface area contributed by atoms with Gasteiger partial charge < -0.3 is 4.74 Å². The van der Waals surface area contributed by atoms with Crippen LogP contribution in [0.5, 0.6) is 5.75 Å². The highest BCUT2D eigenvalue weighted by Crippen LogP contribution is 2.37. The van der Waals surface area contributed by atoms with E-state index in [-0.39, 0.29) is 5.75 Å². The number of hydrogen-bond acceptors (Lipinski definition) is 3. The Morgan fingerprint density at radius 1 is 1.12 bits per heavy atom. The van der Waals surface area contributed by atoms with Crippen molar-refractivity contribution in [3.8, 4) is 5.75 Å². The summed E-state index contributed by atoms with van der Waals surface area (Å²) in [6.07, 6.45) is 0. The smallest absolute Gasteiger partial charge is 0.236 e. The Morgan fingerprint density at radius 2 is 1.65 bits per heavy atom. The van der Waals surface area contributed by atoms with Gasteiger partial charge in [0.2, 0.25) is 9.05 Å². The van der Waals surface area contributed by atoms with Gasteiger partial charge in [-0.25, -0.2) is 8.42 Å². The summed E-state index contributed by atoms with van der Waals surface area (Å²) in [6, 6.07) is 0. The van der Waals surface area contributed by atoms with Gasteiger partial charge in [-0.3, -0.25) is 0 Å². The van der Waals surface area contributed by atoms with Gasteiger partial charge in [-0.15, -0.1) is 0 Å². The SMILES string of the molecule is COc1c(C)c(C)c(CS(=O)(=O)Cl)c(C)c1Cl. The molecule has 0 radical (unpaired) electrons. The van der Waals surface area contributed by atoms with E-state index in [1.54, 1.807) is 6.92 Å². The summed E-state index contributed by atoms with van der Waals surface area (Å²) in [6.45, 7) is 5.43. The summed E-state index contributed by atoms with van der Waals surface area (Å²) in [5, 5.41) is 0.436. The Bertz CT molecular complexity index is 521. The van der Waals surface area contributed by atoms with Crippen molar-refractivity contribution in [2.24, 2.45) is 0 Å². The first-order valence-electron chi connectivity index (χ1n) is 4.93. The monoisotopic (exact) mass is 296 g/mol. The van der Waals surface area contributed by atoms with E-state index >= 15 is 0 Å². The summed E-state index contributed by atoms with van der Waals surface area (Å²) in [7, 11) is 3.22. The van der Waals surface area contributed by atoms with Crippen molar-refractivity contribution >= 4 is 31.3 Å². The van der Waals surface area contributed by atoms with Crippen molar-refractivity contribution in [3.63, 3.8) is 0 Å². The third-order valence-corrected chi connectivity index (χ3v) is 4.27. The van der Waals surface area contributed by atoms with Gasteiger partial charge in [-0.05, 0) is 43.0 Å². The van der Waals surface area contributed by atoms with Gasteiger partial charge in [0.05, 0.1) is 17.9 Å². The molecule has 0 saturated heterocycles. The van der Waals surface area contributed by atoms with Crippen LogP contribution < -0.4 is 4.74 Å². The number of methoxy groups -OCH3 is 1. The summed E-state index contributed by atoms with van der Waals surface area (Å²) < 4.78 is 27.6. The molecule has 0 N–H and O–H groups in total. The highest BCUT2D eigenvalue weighted by atomic mass is 35.7. The second-order valence-corrected chi connectivity index (χ2v) is 7.04. The van der Waals surface area contributed by atoms with E-state index in [2.05, 4.69) is 0 Å². The van der Waals surface area contributed by atoms with Gasteiger partial charge >= 0.3 is 0 Å². The maximum Gasteiger partial charge on any atom is 0.236 e. The van der Waals surface area contributed by atoms with E-state index in [9.17, 15) is 8.42 Å². The van der Waals surface area contributed by atoms with Crippen LogP contribution in [0.2, 0.25) is 5.02 Å². The first-order chi connectivity index (χ1) is 7.69. The van der Waals surface area contributed by atoms with Crippen LogP contribution in [0.25, 0.3) is 0 Å². The fourth-order valence-electron chi connectivity index (χ4n) is 1.78. The molecule has 0 amide bonds. The van der Waals surface area contributed by atoms with Crippen molar-refractivity contribution in [1.82, 2.24) is 0 Å². The zero-order chi connectivity index (χ0) is 13.4. The van der Waals surface area contributed by atoms with Crippen molar-refractivity contribution in [2.45, 2.75) is 26.5 Å². The van der Waals surface area contributed by atoms with Gasteiger partial charge in [0.1, 0.15) is 5.75 Å². The van der Waals surface area contributed by atoms with Crippen molar-refractivity contribution in [2.75, 3.05) is 7.11 Å². The number of halogens is 2. The minimum Gasteiger partial charge on any atom is -0.495 e. The minimum atomic E-state index is -3.60. The lowest BCUT2D eigenvalue weighted by Gasteiger charge is -2.17. The van der Waals surface area contributed by atoms with Gasteiger partial charge in [0.15, 0.2) is 0 Å². The molecule has 1 rings (SSSR count). The Morgan fingerprint density at radius 3 is 2.06 bits per heavy atom. The molecule has 0 aliphatic heterocycles. The topological polar surface area (TPSA) is 43.4 Å². The first kappa shape index (κ1) is 14.6. The average molecular weight is 297 g/mol.